The van der Waals surface area contributed by atoms with Crippen molar-refractivity contribution in [3.63, 3.8) is 0 Å². The van der Waals surface area contributed by atoms with E-state index in [1.54, 1.807) is 6.92 Å². The van der Waals surface area contributed by atoms with Crippen LogP contribution in [0.1, 0.15) is 18.5 Å². The molecule has 0 unspecified atom stereocenters. The molecule has 1 aromatic carbocycles. The molecule has 1 aliphatic heterocycles. The fourth-order valence-electron chi connectivity index (χ4n) is 2.33. The number of amides is 2. The number of rotatable bonds is 4. The maximum Gasteiger partial charge on any atom is 0.319 e. The lowest BCUT2D eigenvalue weighted by Crippen LogP contribution is -2.51. The number of nitrogens with zero attached hydrogens (tertiary/aromatic N) is 1. The summed E-state index contributed by atoms with van der Waals surface area (Å²) in [6.07, 6.45) is 0. The van der Waals surface area contributed by atoms with Crippen molar-refractivity contribution in [2.45, 2.75) is 13.0 Å². The second-order valence-corrected chi connectivity index (χ2v) is 5.21. The number of hydrogen-bond donors (Lipinski definition) is 2. The van der Waals surface area contributed by atoms with Gasteiger partial charge < -0.3 is 15.4 Å². The van der Waals surface area contributed by atoms with Gasteiger partial charge in [0.25, 0.3) is 5.69 Å². The smallest absolute Gasteiger partial charge is 0.319 e. The van der Waals surface area contributed by atoms with Gasteiger partial charge >= 0.3 is 12.0 Å². The minimum absolute atomic E-state index is 0.0366. The predicted octanol–water partition coefficient (Wildman–Crippen LogP) is 2.30. The number of urea groups is 1. The first kappa shape index (κ1) is 16.8. The van der Waals surface area contributed by atoms with Crippen LogP contribution in [0.2, 0.25) is 5.02 Å². The highest BCUT2D eigenvalue weighted by Gasteiger charge is 2.39. The minimum atomic E-state index is -0.909. The van der Waals surface area contributed by atoms with E-state index in [1.165, 1.54) is 18.2 Å². The Hall–Kier alpha value is -2.61. The molecule has 0 spiro atoms. The number of carbonyl (C=O) groups is 2. The summed E-state index contributed by atoms with van der Waals surface area (Å²) in [6.45, 7) is 5.47. The van der Waals surface area contributed by atoms with Gasteiger partial charge in [-0.2, -0.15) is 0 Å². The minimum Gasteiger partial charge on any atom is -0.465 e. The number of halogens is 1. The van der Waals surface area contributed by atoms with Crippen molar-refractivity contribution in [3.8, 4) is 0 Å². The Balaban J connectivity index is 2.45. The number of nitrogens with one attached hydrogen (secondary N) is 2. The Kier molecular flexibility index (Phi) is 4.85. The molecule has 23 heavy (non-hydrogen) atoms. The van der Waals surface area contributed by atoms with Crippen LogP contribution < -0.4 is 10.6 Å². The Morgan fingerprint density at radius 3 is 2.83 bits per heavy atom. The number of ether oxygens (including phenoxy) is 1. The Labute approximate surface area is 136 Å². The van der Waals surface area contributed by atoms with Gasteiger partial charge in [-0.3, -0.25) is 14.9 Å². The van der Waals surface area contributed by atoms with Gasteiger partial charge in [0.05, 0.1) is 17.6 Å². The van der Waals surface area contributed by atoms with E-state index >= 15 is 0 Å². The third-order valence-electron chi connectivity index (χ3n) is 3.34. The second kappa shape index (κ2) is 6.66. The molecular formula is C14H14ClN3O5. The molecule has 122 valence electrons. The zero-order chi connectivity index (χ0) is 17.1. The standard InChI is InChI=1S/C14H14ClN3O5/c1-3-23-13(19)11-7(2)16-14(20)17-12(11)8-4-5-9(15)10(6-8)18(21)22/h4-6,11-12H,2-3H2,1H3,(H2,16,17,20)/t11-,12-/m0/s1. The van der Waals surface area contributed by atoms with Crippen LogP contribution >= 0.6 is 11.6 Å². The highest BCUT2D eigenvalue weighted by atomic mass is 35.5. The normalized spacial score (nSPS) is 20.4. The van der Waals surface area contributed by atoms with Crippen molar-refractivity contribution < 1.29 is 19.2 Å². The summed E-state index contributed by atoms with van der Waals surface area (Å²) in [5.74, 6) is -1.50. The summed E-state index contributed by atoms with van der Waals surface area (Å²) in [5.41, 5.74) is 0.204. The third-order valence-corrected chi connectivity index (χ3v) is 3.66. The van der Waals surface area contributed by atoms with Crippen molar-refractivity contribution >= 4 is 29.3 Å². The van der Waals surface area contributed by atoms with Crippen LogP contribution in [0.15, 0.2) is 30.5 Å². The summed E-state index contributed by atoms with van der Waals surface area (Å²) >= 11 is 5.79. The number of nitro groups is 1. The largest absolute Gasteiger partial charge is 0.465 e. The average Bonchev–Trinajstić information content (AvgIpc) is 2.46. The highest BCUT2D eigenvalue weighted by molar-refractivity contribution is 6.32. The van der Waals surface area contributed by atoms with E-state index in [0.717, 1.165) is 0 Å². The van der Waals surface area contributed by atoms with Gasteiger partial charge in [-0.15, -0.1) is 0 Å². The van der Waals surface area contributed by atoms with E-state index in [-0.39, 0.29) is 23.0 Å². The SMILES string of the molecule is C=C1NC(=O)N[C@@H](c2ccc(Cl)c([N+](=O)[O-])c2)[C@H]1C(=O)OCC. The summed E-state index contributed by atoms with van der Waals surface area (Å²) in [5, 5.41) is 16.0. The molecule has 1 fully saturated rings. The monoisotopic (exact) mass is 339 g/mol. The molecule has 1 aromatic rings. The van der Waals surface area contributed by atoms with E-state index < -0.39 is 28.9 Å². The fourth-order valence-corrected chi connectivity index (χ4v) is 2.52. The van der Waals surface area contributed by atoms with Crippen molar-refractivity contribution in [2.75, 3.05) is 6.61 Å². The van der Waals surface area contributed by atoms with Crippen LogP contribution in [0.3, 0.4) is 0 Å². The van der Waals surface area contributed by atoms with Crippen LogP contribution in [-0.4, -0.2) is 23.5 Å². The van der Waals surface area contributed by atoms with Gasteiger partial charge in [-0.25, -0.2) is 4.79 Å². The van der Waals surface area contributed by atoms with Gasteiger partial charge in [0.15, 0.2) is 0 Å². The predicted molar refractivity (Wildman–Crippen MR) is 81.8 cm³/mol. The second-order valence-electron chi connectivity index (χ2n) is 4.80. The molecule has 0 radical (unpaired) electrons. The van der Waals surface area contributed by atoms with Crippen molar-refractivity contribution in [2.24, 2.45) is 5.92 Å². The highest BCUT2D eigenvalue weighted by Crippen LogP contribution is 2.34. The van der Waals surface area contributed by atoms with Crippen LogP contribution in [-0.2, 0) is 9.53 Å². The molecule has 0 aliphatic carbocycles. The maximum absolute atomic E-state index is 12.2. The zero-order valence-corrected chi connectivity index (χ0v) is 12.9. The molecular weight excluding hydrogens is 326 g/mol. The van der Waals surface area contributed by atoms with E-state index in [9.17, 15) is 19.7 Å². The summed E-state index contributed by atoms with van der Waals surface area (Å²) in [6, 6.07) is 2.67. The molecule has 2 rings (SSSR count). The molecule has 9 heteroatoms. The number of esters is 1. The Bertz CT molecular complexity index is 691. The third kappa shape index (κ3) is 3.42. The Morgan fingerprint density at radius 2 is 2.22 bits per heavy atom. The number of hydrogen-bond acceptors (Lipinski definition) is 5. The molecule has 2 N–H and O–H groups in total. The van der Waals surface area contributed by atoms with Gasteiger partial charge in [0.1, 0.15) is 10.9 Å². The van der Waals surface area contributed by atoms with E-state index in [1.807, 2.05) is 0 Å². The molecule has 1 aliphatic rings. The average molecular weight is 340 g/mol. The van der Waals surface area contributed by atoms with Gasteiger partial charge in [-0.05, 0) is 18.6 Å². The van der Waals surface area contributed by atoms with E-state index in [2.05, 4.69) is 17.2 Å². The van der Waals surface area contributed by atoms with Gasteiger partial charge in [0.2, 0.25) is 0 Å². The lowest BCUT2D eigenvalue weighted by Gasteiger charge is -2.33. The quantitative estimate of drug-likeness (QED) is 0.496. The van der Waals surface area contributed by atoms with Crippen LogP contribution in [0.4, 0.5) is 10.5 Å². The van der Waals surface area contributed by atoms with Crippen molar-refractivity contribution in [3.05, 3.63) is 51.2 Å². The molecule has 1 heterocycles. The first-order valence-corrected chi connectivity index (χ1v) is 7.09. The summed E-state index contributed by atoms with van der Waals surface area (Å²) in [7, 11) is 0. The molecule has 2 atom stereocenters. The first-order chi connectivity index (χ1) is 10.8. The van der Waals surface area contributed by atoms with Gasteiger partial charge in [0, 0.05) is 11.8 Å². The van der Waals surface area contributed by atoms with Crippen LogP contribution in [0, 0.1) is 16.0 Å². The number of carbonyl (C=O) groups excluding carboxylic acids is 2. The number of benzene rings is 1. The fraction of sp³-hybridized carbons (Fsp3) is 0.286. The zero-order valence-electron chi connectivity index (χ0n) is 12.2. The van der Waals surface area contributed by atoms with E-state index in [0.29, 0.717) is 5.56 Å². The molecule has 8 nitrogen and oxygen atoms in total. The molecule has 2 amide bonds. The lowest BCUT2D eigenvalue weighted by atomic mass is 9.89. The molecule has 0 bridgehead atoms. The van der Waals surface area contributed by atoms with Crippen LogP contribution in [0.5, 0.6) is 0 Å². The van der Waals surface area contributed by atoms with E-state index in [4.69, 9.17) is 16.3 Å². The van der Waals surface area contributed by atoms with Crippen LogP contribution in [0.25, 0.3) is 0 Å². The maximum atomic E-state index is 12.2. The molecule has 1 saturated heterocycles. The topological polar surface area (TPSA) is 111 Å². The lowest BCUT2D eigenvalue weighted by molar-refractivity contribution is -0.384. The molecule has 0 saturated carbocycles. The molecule has 0 aromatic heterocycles. The van der Waals surface area contributed by atoms with Crippen molar-refractivity contribution in [1.29, 1.82) is 0 Å². The Morgan fingerprint density at radius 1 is 1.52 bits per heavy atom. The number of nitro benzene ring substituents is 1. The summed E-state index contributed by atoms with van der Waals surface area (Å²) in [4.78, 5) is 34.2. The van der Waals surface area contributed by atoms with Crippen molar-refractivity contribution in [1.82, 2.24) is 10.6 Å². The summed E-state index contributed by atoms with van der Waals surface area (Å²) < 4.78 is 4.99. The first-order valence-electron chi connectivity index (χ1n) is 6.72. The van der Waals surface area contributed by atoms with Gasteiger partial charge in [-0.1, -0.05) is 24.2 Å².